The zero-order valence-corrected chi connectivity index (χ0v) is 11.0. The first-order valence-electron chi connectivity index (χ1n) is 6.06. The van der Waals surface area contributed by atoms with Crippen LogP contribution in [0.3, 0.4) is 0 Å². The van der Waals surface area contributed by atoms with Crippen molar-refractivity contribution in [3.05, 3.63) is 24.3 Å². The first kappa shape index (κ1) is 12.6. The second-order valence-corrected chi connectivity index (χ2v) is 5.59. The Hall–Kier alpha value is -1.84. The van der Waals surface area contributed by atoms with Gasteiger partial charge in [-0.2, -0.15) is 0 Å². The number of hydrogen-bond donors (Lipinski definition) is 1. The van der Waals surface area contributed by atoms with E-state index in [0.717, 1.165) is 11.4 Å². The molecule has 1 saturated heterocycles. The molecule has 0 unspecified atom stereocenters. The van der Waals surface area contributed by atoms with Crippen LogP contribution in [0.1, 0.15) is 27.2 Å². The smallest absolute Gasteiger partial charge is 0.234 e. The summed E-state index contributed by atoms with van der Waals surface area (Å²) in [5.41, 5.74) is 1.57. The number of Topliss-reactive ketones (excluding diaryl/α,β-unsaturated/α-hetero) is 1. The number of anilines is 2. The summed E-state index contributed by atoms with van der Waals surface area (Å²) in [7, 11) is 0. The van der Waals surface area contributed by atoms with Gasteiger partial charge in [0.15, 0.2) is 5.78 Å². The van der Waals surface area contributed by atoms with Crippen LogP contribution in [0.4, 0.5) is 11.4 Å². The number of nitrogens with one attached hydrogen (secondary N) is 1. The number of carbonyl (C=O) groups excluding carboxylic acids is 2. The molecule has 1 aliphatic heterocycles. The van der Waals surface area contributed by atoms with Gasteiger partial charge in [-0.05, 0) is 32.9 Å². The van der Waals surface area contributed by atoms with Crippen LogP contribution in [-0.2, 0) is 9.59 Å². The van der Waals surface area contributed by atoms with Gasteiger partial charge in [-0.25, -0.2) is 0 Å². The van der Waals surface area contributed by atoms with E-state index in [4.69, 9.17) is 0 Å². The molecule has 1 N–H and O–H groups in total. The molecule has 1 aromatic rings. The van der Waals surface area contributed by atoms with Gasteiger partial charge in [0.2, 0.25) is 5.91 Å². The Morgan fingerprint density at radius 2 is 1.83 bits per heavy atom. The van der Waals surface area contributed by atoms with Crippen LogP contribution in [0, 0.1) is 0 Å². The van der Waals surface area contributed by atoms with Gasteiger partial charge in [0.25, 0.3) is 0 Å². The van der Waals surface area contributed by atoms with Crippen LogP contribution in [0.2, 0.25) is 0 Å². The second-order valence-electron chi connectivity index (χ2n) is 5.59. The molecule has 0 bridgehead atoms. The quantitative estimate of drug-likeness (QED) is 0.814. The van der Waals surface area contributed by atoms with E-state index < -0.39 is 0 Å². The molecule has 0 atom stereocenters. The molecule has 1 amide bonds. The lowest BCUT2D eigenvalue weighted by molar-refractivity contribution is -0.121. The predicted molar refractivity (Wildman–Crippen MR) is 71.8 cm³/mol. The van der Waals surface area contributed by atoms with E-state index in [2.05, 4.69) is 26.1 Å². The number of ketones is 1. The summed E-state index contributed by atoms with van der Waals surface area (Å²) in [5, 5.41) is 3.36. The van der Waals surface area contributed by atoms with Gasteiger partial charge in [-0.15, -0.1) is 0 Å². The monoisotopic (exact) mass is 246 g/mol. The number of para-hydroxylation sites is 2. The Bertz CT molecular complexity index is 489. The Balaban J connectivity index is 2.33. The minimum atomic E-state index is -0.122. The van der Waals surface area contributed by atoms with E-state index in [9.17, 15) is 9.59 Å². The molecule has 4 heteroatoms. The van der Waals surface area contributed by atoms with Gasteiger partial charge >= 0.3 is 0 Å². The van der Waals surface area contributed by atoms with Crippen molar-refractivity contribution < 1.29 is 9.59 Å². The fourth-order valence-electron chi connectivity index (χ4n) is 2.02. The average Bonchev–Trinajstić information content (AvgIpc) is 2.56. The third kappa shape index (κ3) is 2.70. The molecule has 1 aliphatic rings. The zero-order chi connectivity index (χ0) is 13.3. The molecule has 2 rings (SSSR count). The highest BCUT2D eigenvalue weighted by atomic mass is 16.2. The van der Waals surface area contributed by atoms with Crippen molar-refractivity contribution in [2.24, 2.45) is 0 Å². The SMILES string of the molecule is CC(C)(C)Nc1ccccc1N1CC(=O)CC1=O. The first-order chi connectivity index (χ1) is 8.37. The average molecular weight is 246 g/mol. The number of amides is 1. The minimum Gasteiger partial charge on any atom is -0.379 e. The number of rotatable bonds is 2. The summed E-state index contributed by atoms with van der Waals surface area (Å²) in [4.78, 5) is 24.7. The lowest BCUT2D eigenvalue weighted by atomic mass is 10.1. The normalized spacial score (nSPS) is 16.3. The largest absolute Gasteiger partial charge is 0.379 e. The molecule has 4 nitrogen and oxygen atoms in total. The summed E-state index contributed by atoms with van der Waals surface area (Å²) in [6, 6.07) is 7.58. The third-order valence-corrected chi connectivity index (χ3v) is 2.69. The molecular weight excluding hydrogens is 228 g/mol. The molecule has 1 heterocycles. The van der Waals surface area contributed by atoms with E-state index in [1.165, 1.54) is 0 Å². The van der Waals surface area contributed by atoms with Gasteiger partial charge in [0.1, 0.15) is 0 Å². The Morgan fingerprint density at radius 1 is 1.17 bits per heavy atom. The summed E-state index contributed by atoms with van der Waals surface area (Å²) >= 11 is 0. The summed E-state index contributed by atoms with van der Waals surface area (Å²) in [5.74, 6) is -0.145. The van der Waals surface area contributed by atoms with Gasteiger partial charge < -0.3 is 10.2 Å². The predicted octanol–water partition coefficient (Wildman–Crippen LogP) is 2.20. The van der Waals surface area contributed by atoms with Crippen LogP contribution in [0.5, 0.6) is 0 Å². The van der Waals surface area contributed by atoms with E-state index in [0.29, 0.717) is 0 Å². The van der Waals surface area contributed by atoms with E-state index in [1.54, 1.807) is 4.90 Å². The van der Waals surface area contributed by atoms with Crippen molar-refractivity contribution in [3.63, 3.8) is 0 Å². The lowest BCUT2D eigenvalue weighted by Crippen LogP contribution is -2.30. The molecule has 0 aliphatic carbocycles. The number of hydrogen-bond acceptors (Lipinski definition) is 3. The van der Waals surface area contributed by atoms with Crippen LogP contribution in [0.15, 0.2) is 24.3 Å². The van der Waals surface area contributed by atoms with Crippen LogP contribution < -0.4 is 10.2 Å². The van der Waals surface area contributed by atoms with Crippen LogP contribution in [0.25, 0.3) is 0 Å². The summed E-state index contributed by atoms with van der Waals surface area (Å²) in [6.45, 7) is 6.35. The van der Waals surface area contributed by atoms with Crippen molar-refractivity contribution in [2.45, 2.75) is 32.7 Å². The van der Waals surface area contributed by atoms with Crippen molar-refractivity contribution >= 4 is 23.1 Å². The standard InChI is InChI=1S/C14H18N2O2/c1-14(2,3)15-11-6-4-5-7-12(11)16-9-10(17)8-13(16)18/h4-7,15H,8-9H2,1-3H3. The van der Waals surface area contributed by atoms with Crippen molar-refractivity contribution in [1.29, 1.82) is 0 Å². The number of benzene rings is 1. The minimum absolute atomic E-state index is 0.0177. The zero-order valence-electron chi connectivity index (χ0n) is 11.0. The number of nitrogens with zero attached hydrogens (tertiary/aromatic N) is 1. The summed E-state index contributed by atoms with van der Waals surface area (Å²) in [6.07, 6.45) is 0.0177. The molecule has 0 spiro atoms. The Kier molecular flexibility index (Phi) is 3.11. The lowest BCUT2D eigenvalue weighted by Gasteiger charge is -2.26. The van der Waals surface area contributed by atoms with Crippen molar-refractivity contribution in [2.75, 3.05) is 16.8 Å². The summed E-state index contributed by atoms with van der Waals surface area (Å²) < 4.78 is 0. The molecule has 0 saturated carbocycles. The highest BCUT2D eigenvalue weighted by Crippen LogP contribution is 2.30. The van der Waals surface area contributed by atoms with E-state index in [1.807, 2.05) is 24.3 Å². The second kappa shape index (κ2) is 4.44. The highest BCUT2D eigenvalue weighted by Gasteiger charge is 2.30. The number of carbonyl (C=O) groups is 2. The van der Waals surface area contributed by atoms with Gasteiger partial charge in [0, 0.05) is 5.54 Å². The molecule has 0 aromatic heterocycles. The maximum atomic E-state index is 11.8. The Morgan fingerprint density at radius 3 is 2.39 bits per heavy atom. The third-order valence-electron chi connectivity index (χ3n) is 2.69. The molecule has 0 radical (unpaired) electrons. The maximum Gasteiger partial charge on any atom is 0.234 e. The van der Waals surface area contributed by atoms with Crippen LogP contribution in [-0.4, -0.2) is 23.8 Å². The van der Waals surface area contributed by atoms with Gasteiger partial charge in [-0.1, -0.05) is 12.1 Å². The Labute approximate surface area is 107 Å². The van der Waals surface area contributed by atoms with Gasteiger partial charge in [0.05, 0.1) is 24.3 Å². The highest BCUT2D eigenvalue weighted by molar-refractivity contribution is 6.16. The first-order valence-corrected chi connectivity index (χ1v) is 6.06. The maximum absolute atomic E-state index is 11.8. The molecule has 1 aromatic carbocycles. The van der Waals surface area contributed by atoms with E-state index >= 15 is 0 Å². The van der Waals surface area contributed by atoms with Crippen LogP contribution >= 0.6 is 0 Å². The van der Waals surface area contributed by atoms with E-state index in [-0.39, 0.29) is 30.2 Å². The molecule has 1 fully saturated rings. The van der Waals surface area contributed by atoms with Gasteiger partial charge in [-0.3, -0.25) is 9.59 Å². The molecule has 18 heavy (non-hydrogen) atoms. The fraction of sp³-hybridized carbons (Fsp3) is 0.429. The fourth-order valence-corrected chi connectivity index (χ4v) is 2.02. The molecular formula is C14H18N2O2. The molecule has 96 valence electrons. The van der Waals surface area contributed by atoms with Crippen molar-refractivity contribution in [1.82, 2.24) is 0 Å². The van der Waals surface area contributed by atoms with Crippen molar-refractivity contribution in [3.8, 4) is 0 Å². The topological polar surface area (TPSA) is 49.4 Å².